The maximum Gasteiger partial charge on any atom is 0.144 e. The number of aryl methyl sites for hydroxylation is 1. The standard InChI is InChI=1S/C20H23N3O4/c1-13-6-16(9-20-17(13)8-15(22-24)11-26-20)25-10-14-2-3-19(18(21)7-14)27-12-23-4-5-23/h2-3,6-9,22,24H,4-5,10-12,21H2,1H3. The van der Waals surface area contributed by atoms with Crippen LogP contribution >= 0.6 is 0 Å². The van der Waals surface area contributed by atoms with Crippen molar-refractivity contribution in [2.24, 2.45) is 0 Å². The van der Waals surface area contributed by atoms with Gasteiger partial charge in [-0.1, -0.05) is 6.07 Å². The van der Waals surface area contributed by atoms with Gasteiger partial charge >= 0.3 is 0 Å². The minimum atomic E-state index is 0.293. The van der Waals surface area contributed by atoms with Gasteiger partial charge in [0.25, 0.3) is 0 Å². The molecule has 7 nitrogen and oxygen atoms in total. The fourth-order valence-corrected chi connectivity index (χ4v) is 2.90. The SMILES string of the molecule is Cc1cc(OCc2ccc(OCN3CC3)c(N)c2)cc2c1C=C(NO)CO2. The molecule has 0 aromatic heterocycles. The van der Waals surface area contributed by atoms with Gasteiger partial charge in [0.2, 0.25) is 0 Å². The van der Waals surface area contributed by atoms with Crippen LogP contribution in [0.3, 0.4) is 0 Å². The Labute approximate surface area is 157 Å². The van der Waals surface area contributed by atoms with Gasteiger partial charge in [-0.05, 0) is 42.3 Å². The van der Waals surface area contributed by atoms with E-state index in [9.17, 15) is 0 Å². The Bertz CT molecular complexity index is 878. The first-order chi connectivity index (χ1) is 13.1. The second kappa shape index (κ2) is 7.38. The second-order valence-corrected chi connectivity index (χ2v) is 6.77. The van der Waals surface area contributed by atoms with Crippen molar-refractivity contribution in [1.82, 2.24) is 10.4 Å². The zero-order valence-electron chi connectivity index (χ0n) is 15.2. The van der Waals surface area contributed by atoms with E-state index in [1.165, 1.54) is 0 Å². The van der Waals surface area contributed by atoms with Crippen molar-refractivity contribution in [3.05, 3.63) is 52.7 Å². The normalized spacial score (nSPS) is 15.4. The van der Waals surface area contributed by atoms with Crippen LogP contribution in [0.15, 0.2) is 36.0 Å². The van der Waals surface area contributed by atoms with E-state index in [1.807, 2.05) is 43.3 Å². The van der Waals surface area contributed by atoms with E-state index in [1.54, 1.807) is 0 Å². The zero-order valence-corrected chi connectivity index (χ0v) is 15.2. The van der Waals surface area contributed by atoms with Crippen molar-refractivity contribution in [3.8, 4) is 17.2 Å². The molecule has 1 saturated heterocycles. The molecule has 0 unspecified atom stereocenters. The number of anilines is 1. The summed E-state index contributed by atoms with van der Waals surface area (Å²) in [4.78, 5) is 2.17. The smallest absolute Gasteiger partial charge is 0.144 e. The summed E-state index contributed by atoms with van der Waals surface area (Å²) in [6.45, 7) is 5.42. The number of nitrogens with two attached hydrogens (primary N) is 1. The molecular formula is C20H23N3O4. The monoisotopic (exact) mass is 369 g/mol. The summed E-state index contributed by atoms with van der Waals surface area (Å²) < 4.78 is 17.3. The number of nitrogens with one attached hydrogen (secondary N) is 1. The Kier molecular flexibility index (Phi) is 4.79. The van der Waals surface area contributed by atoms with E-state index in [-0.39, 0.29) is 0 Å². The minimum absolute atomic E-state index is 0.293. The summed E-state index contributed by atoms with van der Waals surface area (Å²) in [7, 11) is 0. The van der Waals surface area contributed by atoms with Crippen molar-refractivity contribution >= 4 is 11.8 Å². The molecule has 0 aliphatic carbocycles. The molecule has 2 aliphatic rings. The topological polar surface area (TPSA) is 89.0 Å². The lowest BCUT2D eigenvalue weighted by molar-refractivity contribution is 0.180. The summed E-state index contributed by atoms with van der Waals surface area (Å²) in [6.07, 6.45) is 1.87. The lowest BCUT2D eigenvalue weighted by Gasteiger charge is -2.20. The molecule has 0 spiro atoms. The van der Waals surface area contributed by atoms with Crippen LogP contribution in [-0.2, 0) is 6.61 Å². The van der Waals surface area contributed by atoms with Gasteiger partial charge in [0.1, 0.15) is 37.2 Å². The summed E-state index contributed by atoms with van der Waals surface area (Å²) in [6, 6.07) is 9.52. The maximum absolute atomic E-state index is 9.03. The molecule has 4 N–H and O–H groups in total. The molecule has 0 bridgehead atoms. The van der Waals surface area contributed by atoms with Gasteiger partial charge in [-0.25, -0.2) is 0 Å². The molecule has 0 radical (unpaired) electrons. The van der Waals surface area contributed by atoms with Crippen LogP contribution in [0.25, 0.3) is 6.08 Å². The highest BCUT2D eigenvalue weighted by atomic mass is 16.5. The highest BCUT2D eigenvalue weighted by molar-refractivity contribution is 5.66. The van der Waals surface area contributed by atoms with Crippen LogP contribution in [0.2, 0.25) is 0 Å². The summed E-state index contributed by atoms with van der Waals surface area (Å²) in [5, 5.41) is 9.03. The molecule has 7 heteroatoms. The van der Waals surface area contributed by atoms with E-state index < -0.39 is 0 Å². The van der Waals surface area contributed by atoms with E-state index in [4.69, 9.17) is 25.2 Å². The van der Waals surface area contributed by atoms with Crippen LogP contribution in [0.5, 0.6) is 17.2 Å². The third-order valence-corrected chi connectivity index (χ3v) is 4.59. The van der Waals surface area contributed by atoms with Gasteiger partial charge in [-0.3, -0.25) is 15.6 Å². The molecule has 0 atom stereocenters. The van der Waals surface area contributed by atoms with Gasteiger partial charge in [0, 0.05) is 24.7 Å². The minimum Gasteiger partial charge on any atom is -0.489 e. The molecule has 2 aromatic rings. The summed E-state index contributed by atoms with van der Waals surface area (Å²) >= 11 is 0. The highest BCUT2D eigenvalue weighted by Gasteiger charge is 2.18. The van der Waals surface area contributed by atoms with E-state index >= 15 is 0 Å². The van der Waals surface area contributed by atoms with Gasteiger partial charge in [0.15, 0.2) is 0 Å². The van der Waals surface area contributed by atoms with E-state index in [0.717, 1.165) is 41.3 Å². The number of fused-ring (bicyclic) bond motifs is 1. The van der Waals surface area contributed by atoms with Crippen molar-refractivity contribution in [2.45, 2.75) is 13.5 Å². The van der Waals surface area contributed by atoms with Crippen molar-refractivity contribution in [2.75, 3.05) is 32.2 Å². The molecule has 2 aromatic carbocycles. The molecule has 4 rings (SSSR count). The summed E-state index contributed by atoms with van der Waals surface area (Å²) in [5.41, 5.74) is 12.4. The number of nitrogen functional groups attached to an aromatic ring is 1. The average Bonchev–Trinajstić information content (AvgIpc) is 3.50. The molecule has 0 amide bonds. The number of hydrogen-bond donors (Lipinski definition) is 3. The molecule has 27 heavy (non-hydrogen) atoms. The molecule has 0 saturated carbocycles. The van der Waals surface area contributed by atoms with Crippen molar-refractivity contribution in [3.63, 3.8) is 0 Å². The first kappa shape index (κ1) is 17.5. The molecule has 142 valence electrons. The van der Waals surface area contributed by atoms with Crippen molar-refractivity contribution in [1.29, 1.82) is 0 Å². The number of nitrogens with zero attached hydrogens (tertiary/aromatic N) is 1. The van der Waals surface area contributed by atoms with E-state index in [0.29, 0.717) is 37.1 Å². The molecule has 1 fully saturated rings. The van der Waals surface area contributed by atoms with Crippen LogP contribution in [0, 0.1) is 6.92 Å². The Balaban J connectivity index is 1.42. The highest BCUT2D eigenvalue weighted by Crippen LogP contribution is 2.33. The fraction of sp³-hybridized carbons (Fsp3) is 0.300. The Morgan fingerprint density at radius 3 is 2.81 bits per heavy atom. The Hall–Kier alpha value is -2.90. The quantitative estimate of drug-likeness (QED) is 0.393. The first-order valence-electron chi connectivity index (χ1n) is 8.87. The second-order valence-electron chi connectivity index (χ2n) is 6.77. The van der Waals surface area contributed by atoms with Gasteiger partial charge in [-0.15, -0.1) is 0 Å². The third kappa shape index (κ3) is 4.10. The number of benzene rings is 2. The van der Waals surface area contributed by atoms with Crippen LogP contribution < -0.4 is 25.4 Å². The van der Waals surface area contributed by atoms with E-state index in [2.05, 4.69) is 10.4 Å². The number of hydrogen-bond acceptors (Lipinski definition) is 7. The largest absolute Gasteiger partial charge is 0.489 e. The van der Waals surface area contributed by atoms with Gasteiger partial charge < -0.3 is 19.9 Å². The molecule has 2 aliphatic heterocycles. The maximum atomic E-state index is 9.03. The summed E-state index contributed by atoms with van der Waals surface area (Å²) in [5.74, 6) is 2.16. The molecular weight excluding hydrogens is 346 g/mol. The third-order valence-electron chi connectivity index (χ3n) is 4.59. The number of hydroxylamine groups is 1. The van der Waals surface area contributed by atoms with Crippen LogP contribution in [-0.4, -0.2) is 36.5 Å². The molecule has 2 heterocycles. The number of ether oxygens (including phenoxy) is 3. The Morgan fingerprint density at radius 2 is 2.07 bits per heavy atom. The lowest BCUT2D eigenvalue weighted by Crippen LogP contribution is -2.18. The van der Waals surface area contributed by atoms with Crippen molar-refractivity contribution < 1.29 is 19.4 Å². The predicted octanol–water partition coefficient (Wildman–Crippen LogP) is 2.52. The lowest BCUT2D eigenvalue weighted by atomic mass is 10.0. The predicted molar refractivity (Wildman–Crippen MR) is 102 cm³/mol. The van der Waals surface area contributed by atoms with Crippen LogP contribution in [0.1, 0.15) is 16.7 Å². The number of rotatable bonds is 7. The average molecular weight is 369 g/mol. The Morgan fingerprint density at radius 1 is 1.22 bits per heavy atom. The van der Waals surface area contributed by atoms with Crippen LogP contribution in [0.4, 0.5) is 5.69 Å². The van der Waals surface area contributed by atoms with Gasteiger partial charge in [0.05, 0.1) is 11.4 Å². The van der Waals surface area contributed by atoms with Gasteiger partial charge in [-0.2, -0.15) is 0 Å². The fourth-order valence-electron chi connectivity index (χ4n) is 2.90. The first-order valence-corrected chi connectivity index (χ1v) is 8.87. The zero-order chi connectivity index (χ0) is 18.8.